The zero-order valence-electron chi connectivity index (χ0n) is 78.4. The van der Waals surface area contributed by atoms with Crippen LogP contribution >= 0.6 is 77.0 Å². The topological polar surface area (TPSA) is 723 Å². The summed E-state index contributed by atoms with van der Waals surface area (Å²) in [7, 11) is 4.67. The van der Waals surface area contributed by atoms with Gasteiger partial charge in [0.2, 0.25) is 88.6 Å². The van der Waals surface area contributed by atoms with Crippen molar-refractivity contribution >= 4 is 232 Å². The van der Waals surface area contributed by atoms with Crippen LogP contribution < -0.4 is 85.5 Å². The third kappa shape index (κ3) is 43.1. The van der Waals surface area contributed by atoms with E-state index in [0.29, 0.717) is 29.7 Å². The van der Waals surface area contributed by atoms with Crippen molar-refractivity contribution in [3.05, 3.63) is 59.7 Å². The van der Waals surface area contributed by atoms with E-state index < -0.39 is 301 Å². The zero-order valence-corrected chi connectivity index (χ0v) is 86.5. The van der Waals surface area contributed by atoms with Crippen LogP contribution in [0.5, 0.6) is 5.75 Å². The molecular weight excluding hydrogens is 2060 g/mol. The number of amides is 15. The summed E-state index contributed by atoms with van der Waals surface area (Å²) in [6.07, 6.45) is -1.95. The van der Waals surface area contributed by atoms with Crippen molar-refractivity contribution < 1.29 is 136 Å². The van der Waals surface area contributed by atoms with E-state index in [-0.39, 0.29) is 135 Å². The number of fused-ring (bicyclic) bond motifs is 20. The first-order valence-corrected chi connectivity index (χ1v) is 53.1. The van der Waals surface area contributed by atoms with Crippen molar-refractivity contribution in [3.63, 3.8) is 0 Å². The molecule has 4 bridgehead atoms. The maximum absolute atomic E-state index is 15.4. The molecule has 7 rings (SSSR count). The van der Waals surface area contributed by atoms with E-state index in [2.05, 4.69) is 79.8 Å². The molecule has 1 unspecified atom stereocenters. The number of rotatable bonds is 30. The van der Waals surface area contributed by atoms with Gasteiger partial charge >= 0.3 is 35.8 Å². The number of phenolic OH excluding ortho intramolecular Hbond substituents is 1. The van der Waals surface area contributed by atoms with Gasteiger partial charge in [-0.05, 0) is 112 Å². The zero-order chi connectivity index (χ0) is 104. The molecule has 49 nitrogen and oxygen atoms in total. The Morgan fingerprint density at radius 1 is 0.507 bits per heavy atom. The summed E-state index contributed by atoms with van der Waals surface area (Å²) in [4.78, 5) is 300. The molecule has 142 heavy (non-hydrogen) atoms. The Kier molecular flexibility index (Phi) is 52.0. The second-order valence-electron chi connectivity index (χ2n) is 34.3. The number of hydrogen-bond donors (Lipinski definition) is 23. The SMILES string of the molecule is CC(C)C[C@@H]1NC(=O)[C@H](CCC(=O)O)NC(=O)[C@@H]2CSSC[C@@H]3NC(=O)[C@H](C)NC(=O)[C@@H]4CCCN4C(=O)[C@H](CC(N)=O)NC(=O)[C@H](CSSC[C@H](NC(=O)CCCCCNC(=S)Nc4ccc(CC5CN(CC(=O)O)CCN(CC(=O)O)CCN(CC(=O)O)CCN5CC(=O)O)cc4)C(=O)N2)NC(=O)[C@H](CSSC[C@@H](C(=O)N[C@@H](Cc2ccc(O)cc2)C(=O)O)NC(=O)CNC(=O)[C@H](C)NC3=O)NC1=O.[68Ga]. The van der Waals surface area contributed by atoms with Crippen LogP contribution in [0.3, 0.4) is 0 Å². The molecule has 0 saturated carbocycles. The third-order valence-corrected chi connectivity index (χ3v) is 30.0. The molecule has 3 radical (unpaired) electrons. The summed E-state index contributed by atoms with van der Waals surface area (Å²) < 4.78 is 0. The number of unbranched alkanes of at least 4 members (excludes halogenated alkanes) is 2. The molecule has 0 aromatic heterocycles. The number of carboxylic acids is 6. The summed E-state index contributed by atoms with van der Waals surface area (Å²) in [5.74, 6) is -27.4. The molecule has 0 spiro atoms. The van der Waals surface area contributed by atoms with Crippen LogP contribution in [0.15, 0.2) is 48.5 Å². The molecule has 15 amide bonds. The quantitative estimate of drug-likeness (QED) is 0.0114. The normalized spacial score (nSPS) is 24.6. The molecule has 781 valence electrons. The molecule has 57 heteroatoms. The van der Waals surface area contributed by atoms with Crippen LogP contribution in [-0.2, 0) is 114 Å². The third-order valence-electron chi connectivity index (χ3n) is 22.5. The van der Waals surface area contributed by atoms with Crippen molar-refractivity contribution in [2.75, 3.05) is 131 Å². The van der Waals surface area contributed by atoms with Gasteiger partial charge in [0.15, 0.2) is 5.11 Å². The van der Waals surface area contributed by atoms with E-state index in [0.717, 1.165) is 69.7 Å². The van der Waals surface area contributed by atoms with E-state index in [1.807, 2.05) is 0 Å². The number of nitrogens with zero attached hydrogens (tertiary/aromatic N) is 5. The molecule has 5 aliphatic rings. The standard InChI is InChI=1S/C85H123N21O28S7.Ga/c1-45(2)29-54-75(124)99-62-44-140-137-40-58(77(126)97-56(84(133)134)31-49-13-17-52(107)18-14-49)93-66(110)33-88-72(121)46(3)89-76(125)59-41-138-141-42-60(79(128)94-53(74(123)95-54)19-20-67(111)112)100-78(127)57(39-136-139-43-61(101-81(62)130)80(129)96-55(32-64(86)108)83(132)106-22-8-9-63(106)82(131)90-47(4)73(122)98-59)92-65(109)10-6-5-7-21-87-85(135)91-50-15-11-48(12-16-50)30-51-34-104(37-70(117)118)26-25-102(35-68(113)114)23-24-103(36-69(115)116)27-28-105(51)38-71(119)120;/h11-18,45-47,51,53-63,107H,5-10,19-44H2,1-4H3,(H2,86,108)(H,88,121)(H,89,125)(H,90,131)(H,92,109)(H,93,110)(H,94,128)(H,95,123)(H,96,129)(H,97,126)(H,98,122)(H,99,124)(H,100,127)(H,101,130)(H,111,112)(H,113,114)(H,115,116)(H,117,118)(H,119,120)(H,133,134)(H2,87,91,135);/t46-,47-,51?,53-,54-,55-,56-,57-,58-,59-,60-,61-,62-,63-;/m0./s1/i;1-2. The van der Waals surface area contributed by atoms with E-state index >= 15 is 24.0 Å². The summed E-state index contributed by atoms with van der Waals surface area (Å²) >= 11 is 5.63. The number of primary amides is 1. The number of aromatic hydroxyl groups is 1. The van der Waals surface area contributed by atoms with Crippen molar-refractivity contribution in [1.82, 2.24) is 98.9 Å². The van der Waals surface area contributed by atoms with Gasteiger partial charge in [-0.1, -0.05) is 109 Å². The van der Waals surface area contributed by atoms with Crippen molar-refractivity contribution in [2.45, 2.75) is 189 Å². The number of phenols is 1. The van der Waals surface area contributed by atoms with Gasteiger partial charge in [0.05, 0.1) is 39.1 Å². The number of anilines is 1. The van der Waals surface area contributed by atoms with Gasteiger partial charge in [-0.15, -0.1) is 0 Å². The number of carboxylic acid groups (broad SMARTS) is 6. The molecular formula is C85H123GaN21O28S7. The van der Waals surface area contributed by atoms with Crippen LogP contribution in [0.2, 0.25) is 0 Å². The van der Waals surface area contributed by atoms with E-state index in [1.54, 1.807) is 57.7 Å². The Balaban J connectivity index is 0.0000309. The van der Waals surface area contributed by atoms with Gasteiger partial charge in [-0.2, -0.15) is 0 Å². The molecule has 0 aliphatic carbocycles. The fourth-order valence-corrected chi connectivity index (χ4v) is 22.3. The van der Waals surface area contributed by atoms with Gasteiger partial charge in [0, 0.05) is 144 Å². The number of nitrogens with two attached hydrogens (primary N) is 1. The Bertz CT molecular complexity index is 4780. The van der Waals surface area contributed by atoms with Gasteiger partial charge in [0.25, 0.3) is 0 Å². The van der Waals surface area contributed by atoms with Gasteiger partial charge in [0.1, 0.15) is 84.3 Å². The van der Waals surface area contributed by atoms with Crippen LogP contribution in [0, 0.1) is 5.92 Å². The van der Waals surface area contributed by atoms with Crippen LogP contribution in [0.1, 0.15) is 103 Å². The summed E-state index contributed by atoms with van der Waals surface area (Å²) in [6, 6.07) is -10.5. The summed E-state index contributed by atoms with van der Waals surface area (Å²) in [5, 5.41) is 109. The summed E-state index contributed by atoms with van der Waals surface area (Å²) in [6.45, 7) is 3.81. The predicted molar refractivity (Wildman–Crippen MR) is 530 cm³/mol. The Labute approximate surface area is 859 Å². The average molecular weight is 2180 g/mol. The molecule has 2 aromatic rings. The number of thiocarbonyl (C=S) groups is 1. The Morgan fingerprint density at radius 2 is 1.00 bits per heavy atom. The first-order valence-electron chi connectivity index (χ1n) is 45.2. The molecule has 2 aromatic carbocycles. The number of carbonyl (C=O) groups is 21. The molecule has 14 atom stereocenters. The number of nitrogens with one attached hydrogen (secondary N) is 15. The molecule has 5 saturated heterocycles. The molecule has 5 heterocycles. The monoisotopic (exact) mass is 2180 g/mol. The second-order valence-corrected chi connectivity index (χ2v) is 42.4. The van der Waals surface area contributed by atoms with Crippen LogP contribution in [-0.4, -0.2) is 420 Å². The molecule has 5 aliphatic heterocycles. The minimum atomic E-state index is -1.91. The summed E-state index contributed by atoms with van der Waals surface area (Å²) in [5.41, 5.74) is 7.31. The maximum Gasteiger partial charge on any atom is 0.326 e. The predicted octanol–water partition coefficient (Wildman–Crippen LogP) is -5.41. The number of carbonyl (C=O) groups excluding carboxylic acids is 15. The van der Waals surface area contributed by atoms with Crippen LogP contribution in [0.4, 0.5) is 5.69 Å². The second kappa shape index (κ2) is 61.5. The maximum atomic E-state index is 15.4. The fraction of sp³-hybridized carbons (Fsp3) is 0.600. The number of hydrogen-bond acceptors (Lipinski definition) is 33. The van der Waals surface area contributed by atoms with Crippen LogP contribution in [0.25, 0.3) is 0 Å². The minimum absolute atomic E-state index is 0. The van der Waals surface area contributed by atoms with E-state index in [1.165, 1.54) is 38.1 Å². The minimum Gasteiger partial charge on any atom is -0.508 e. The average Bonchev–Trinajstić information content (AvgIpc) is 1.69. The largest absolute Gasteiger partial charge is 0.508 e. The van der Waals surface area contributed by atoms with Crippen molar-refractivity contribution in [1.29, 1.82) is 0 Å². The number of aliphatic carboxylic acids is 6. The van der Waals surface area contributed by atoms with Gasteiger partial charge < -0.3 is 126 Å². The molecule has 24 N–H and O–H groups in total. The van der Waals surface area contributed by atoms with Crippen molar-refractivity contribution in [2.24, 2.45) is 11.7 Å². The number of benzene rings is 2. The molecule has 5 fully saturated rings. The first kappa shape index (κ1) is 120. The van der Waals surface area contributed by atoms with Gasteiger partial charge in [-0.3, -0.25) is 115 Å². The fourth-order valence-electron chi connectivity index (χ4n) is 15.1. The van der Waals surface area contributed by atoms with E-state index in [9.17, 15) is 112 Å². The smallest absolute Gasteiger partial charge is 0.326 e. The Hall–Kier alpha value is -10.6. The Morgan fingerprint density at radius 3 is 1.57 bits per heavy atom. The van der Waals surface area contributed by atoms with Gasteiger partial charge in [-0.25, -0.2) is 4.79 Å². The van der Waals surface area contributed by atoms with Crippen molar-refractivity contribution in [3.8, 4) is 5.75 Å². The van der Waals surface area contributed by atoms with E-state index in [4.69, 9.17) is 18.0 Å². The first-order chi connectivity index (χ1) is 66.9.